The van der Waals surface area contributed by atoms with E-state index in [1.807, 2.05) is 25.1 Å². The Kier molecular flexibility index (Phi) is 4.73. The lowest BCUT2D eigenvalue weighted by atomic mass is 10.1. The van der Waals surface area contributed by atoms with Gasteiger partial charge in [-0.15, -0.1) is 16.4 Å². The first-order valence-corrected chi connectivity index (χ1v) is 11.1. The third-order valence-electron chi connectivity index (χ3n) is 5.24. The molecule has 4 heterocycles. The van der Waals surface area contributed by atoms with Crippen LogP contribution in [0.25, 0.3) is 4.96 Å². The van der Waals surface area contributed by atoms with Crippen molar-refractivity contribution >= 4 is 33.3 Å². The molecule has 0 radical (unpaired) electrons. The van der Waals surface area contributed by atoms with Crippen LogP contribution in [0.15, 0.2) is 41.8 Å². The highest BCUT2D eigenvalue weighted by atomic mass is 32.1. The average Bonchev–Trinajstić information content (AvgIpc) is 3.43. The summed E-state index contributed by atoms with van der Waals surface area (Å²) in [5, 5.41) is 17.2. The topological polar surface area (TPSA) is 56.9 Å². The Balaban J connectivity index is 1.45. The molecule has 0 spiro atoms. The number of anilines is 1. The zero-order valence-corrected chi connectivity index (χ0v) is 17.5. The maximum atomic E-state index is 14.2. The molecule has 0 amide bonds. The molecule has 1 aliphatic heterocycles. The van der Waals surface area contributed by atoms with E-state index in [9.17, 15) is 9.50 Å². The maximum absolute atomic E-state index is 14.2. The predicted molar refractivity (Wildman–Crippen MR) is 114 cm³/mol. The van der Waals surface area contributed by atoms with Gasteiger partial charge in [0.15, 0.2) is 0 Å². The first-order valence-electron chi connectivity index (χ1n) is 9.44. The van der Waals surface area contributed by atoms with Crippen LogP contribution in [0.2, 0.25) is 0 Å². The van der Waals surface area contributed by atoms with Gasteiger partial charge < -0.3 is 10.0 Å². The molecule has 1 saturated heterocycles. The first-order chi connectivity index (χ1) is 14.1. The normalized spacial score (nSPS) is 16.6. The van der Waals surface area contributed by atoms with Crippen molar-refractivity contribution in [3.8, 4) is 5.88 Å². The van der Waals surface area contributed by atoms with Gasteiger partial charge in [-0.3, -0.25) is 4.90 Å². The maximum Gasteiger partial charge on any atom is 0.230 e. The zero-order chi connectivity index (χ0) is 20.0. The first kappa shape index (κ1) is 18.5. The van der Waals surface area contributed by atoms with Gasteiger partial charge >= 0.3 is 0 Å². The molecule has 0 saturated carbocycles. The zero-order valence-electron chi connectivity index (χ0n) is 15.8. The molecular weight excluding hydrogens is 409 g/mol. The molecule has 4 aromatic rings. The summed E-state index contributed by atoms with van der Waals surface area (Å²) in [5.74, 6) is 0.610. The number of rotatable bonds is 4. The highest BCUT2D eigenvalue weighted by Crippen LogP contribution is 2.41. The van der Waals surface area contributed by atoms with E-state index in [-0.39, 0.29) is 17.7 Å². The minimum absolute atomic E-state index is 0.0634. The van der Waals surface area contributed by atoms with Crippen molar-refractivity contribution in [2.24, 2.45) is 0 Å². The molecule has 1 aliphatic rings. The van der Waals surface area contributed by atoms with E-state index in [4.69, 9.17) is 0 Å². The molecule has 9 heteroatoms. The van der Waals surface area contributed by atoms with Gasteiger partial charge in [-0.05, 0) is 30.5 Å². The summed E-state index contributed by atoms with van der Waals surface area (Å²) in [6.07, 6.45) is 0. The second-order valence-electron chi connectivity index (χ2n) is 7.04. The predicted octanol–water partition coefficient (Wildman–Crippen LogP) is 3.92. The molecule has 6 nitrogen and oxygen atoms in total. The number of hydrogen-bond acceptors (Lipinski definition) is 7. The fourth-order valence-electron chi connectivity index (χ4n) is 3.88. The number of fused-ring (bicyclic) bond motifs is 1. The van der Waals surface area contributed by atoms with Crippen molar-refractivity contribution in [3.63, 3.8) is 0 Å². The number of thiazole rings is 1. The van der Waals surface area contributed by atoms with Gasteiger partial charge in [0.25, 0.3) is 0 Å². The van der Waals surface area contributed by atoms with Crippen LogP contribution in [-0.2, 0) is 0 Å². The SMILES string of the molecule is Cc1nc2sc([C@H](c3cccs3)N3CCN(c4ccccc4F)CC3)c(O)n2n1. The van der Waals surface area contributed by atoms with Crippen LogP contribution in [0, 0.1) is 12.7 Å². The van der Waals surface area contributed by atoms with E-state index in [0.29, 0.717) is 16.5 Å². The lowest BCUT2D eigenvalue weighted by Crippen LogP contribution is -2.48. The van der Waals surface area contributed by atoms with E-state index >= 15 is 0 Å². The number of aryl methyl sites for hydroxylation is 1. The van der Waals surface area contributed by atoms with Crippen molar-refractivity contribution in [1.82, 2.24) is 19.5 Å². The van der Waals surface area contributed by atoms with Gasteiger partial charge in [-0.1, -0.05) is 29.5 Å². The summed E-state index contributed by atoms with van der Waals surface area (Å²) in [4.78, 5) is 11.6. The smallest absolute Gasteiger partial charge is 0.230 e. The molecule has 1 fully saturated rings. The number of para-hydroxylation sites is 1. The number of hydrogen-bond donors (Lipinski definition) is 1. The van der Waals surface area contributed by atoms with E-state index in [1.54, 1.807) is 17.4 Å². The summed E-state index contributed by atoms with van der Waals surface area (Å²) in [5.41, 5.74) is 0.650. The standard InChI is InChI=1S/C20H20FN5OS2/c1-13-22-20-26(23-13)19(27)18(29-20)17(16-7-4-12-28-16)25-10-8-24(9-11-25)15-6-3-2-5-14(15)21/h2-7,12,17,27H,8-11H2,1H3/t17-/m0/s1. The van der Waals surface area contributed by atoms with E-state index in [2.05, 4.69) is 31.3 Å². The molecule has 3 aromatic heterocycles. The minimum Gasteiger partial charge on any atom is -0.492 e. The summed E-state index contributed by atoms with van der Waals surface area (Å²) in [6.45, 7) is 4.80. The minimum atomic E-state index is -0.186. The highest BCUT2D eigenvalue weighted by Gasteiger charge is 2.32. The van der Waals surface area contributed by atoms with Crippen molar-refractivity contribution in [2.75, 3.05) is 31.1 Å². The number of aromatic nitrogens is 3. The van der Waals surface area contributed by atoms with Crippen molar-refractivity contribution in [3.05, 3.63) is 63.2 Å². The van der Waals surface area contributed by atoms with Crippen LogP contribution in [0.1, 0.15) is 21.6 Å². The van der Waals surface area contributed by atoms with Gasteiger partial charge in [0.1, 0.15) is 11.6 Å². The summed E-state index contributed by atoms with van der Waals surface area (Å²) >= 11 is 3.15. The second kappa shape index (κ2) is 7.40. The summed E-state index contributed by atoms with van der Waals surface area (Å²) in [7, 11) is 0. The summed E-state index contributed by atoms with van der Waals surface area (Å²) < 4.78 is 15.7. The van der Waals surface area contributed by atoms with Gasteiger partial charge in [0, 0.05) is 31.1 Å². The molecule has 1 atom stereocenters. The fraction of sp³-hybridized carbons (Fsp3) is 0.300. The number of benzene rings is 1. The molecule has 29 heavy (non-hydrogen) atoms. The third kappa shape index (κ3) is 3.29. The van der Waals surface area contributed by atoms with Crippen molar-refractivity contribution in [2.45, 2.75) is 13.0 Å². The Labute approximate surface area is 175 Å². The number of halogens is 1. The third-order valence-corrected chi connectivity index (χ3v) is 7.24. The van der Waals surface area contributed by atoms with Crippen LogP contribution in [0.5, 0.6) is 5.88 Å². The largest absolute Gasteiger partial charge is 0.492 e. The Morgan fingerprint density at radius 3 is 2.59 bits per heavy atom. The van der Waals surface area contributed by atoms with Crippen LogP contribution in [-0.4, -0.2) is 50.8 Å². The Morgan fingerprint density at radius 2 is 1.90 bits per heavy atom. The molecule has 1 aromatic carbocycles. The molecule has 5 rings (SSSR count). The van der Waals surface area contributed by atoms with Crippen LogP contribution in [0.3, 0.4) is 0 Å². The Bertz CT molecular complexity index is 1130. The van der Waals surface area contributed by atoms with Gasteiger partial charge in [-0.2, -0.15) is 4.52 Å². The molecule has 0 bridgehead atoms. The van der Waals surface area contributed by atoms with Crippen molar-refractivity contribution < 1.29 is 9.50 Å². The lowest BCUT2D eigenvalue weighted by Gasteiger charge is -2.39. The van der Waals surface area contributed by atoms with Gasteiger partial charge in [-0.25, -0.2) is 9.37 Å². The Hall–Kier alpha value is -2.49. The Morgan fingerprint density at radius 1 is 1.10 bits per heavy atom. The molecule has 1 N–H and O–H groups in total. The molecule has 150 valence electrons. The quantitative estimate of drug-likeness (QED) is 0.533. The number of piperazine rings is 1. The van der Waals surface area contributed by atoms with Gasteiger partial charge in [0.2, 0.25) is 10.8 Å². The molecular formula is C20H20FN5OS2. The molecule has 0 unspecified atom stereocenters. The van der Waals surface area contributed by atoms with Gasteiger partial charge in [0.05, 0.1) is 16.6 Å². The number of aromatic hydroxyl groups is 1. The van der Waals surface area contributed by atoms with E-state index in [1.165, 1.54) is 26.8 Å². The second-order valence-corrected chi connectivity index (χ2v) is 9.02. The summed E-state index contributed by atoms with van der Waals surface area (Å²) in [6, 6.07) is 11.0. The van der Waals surface area contributed by atoms with Crippen LogP contribution in [0.4, 0.5) is 10.1 Å². The number of thiophene rings is 1. The lowest BCUT2D eigenvalue weighted by molar-refractivity contribution is 0.213. The number of nitrogens with zero attached hydrogens (tertiary/aromatic N) is 5. The van der Waals surface area contributed by atoms with Crippen LogP contribution >= 0.6 is 22.7 Å². The highest BCUT2D eigenvalue weighted by molar-refractivity contribution is 7.17. The molecule has 0 aliphatic carbocycles. The fourth-order valence-corrected chi connectivity index (χ4v) is 5.97. The van der Waals surface area contributed by atoms with E-state index in [0.717, 1.165) is 31.1 Å². The van der Waals surface area contributed by atoms with Crippen LogP contribution < -0.4 is 4.90 Å². The van der Waals surface area contributed by atoms with Crippen molar-refractivity contribution in [1.29, 1.82) is 0 Å². The average molecular weight is 430 g/mol. The monoisotopic (exact) mass is 429 g/mol. The van der Waals surface area contributed by atoms with E-state index < -0.39 is 0 Å².